The Morgan fingerprint density at radius 3 is 2.64 bits per heavy atom. The maximum absolute atomic E-state index is 3.58. The summed E-state index contributed by atoms with van der Waals surface area (Å²) in [6, 6.07) is 7.41. The van der Waals surface area contributed by atoms with Crippen molar-refractivity contribution in [1.82, 2.24) is 5.32 Å². The number of nitrogens with one attached hydrogen (secondary N) is 1. The zero-order valence-electron chi connectivity index (χ0n) is 9.00. The lowest BCUT2D eigenvalue weighted by molar-refractivity contribution is 0.618. The van der Waals surface area contributed by atoms with Crippen LogP contribution in [-0.2, 0) is 0 Å². The fraction of sp³-hybridized carbons (Fsp3) is 0.500. The Bertz CT molecular complexity index is 335. The van der Waals surface area contributed by atoms with Crippen LogP contribution >= 0.6 is 11.8 Å². The molecule has 76 valence electrons. The van der Waals surface area contributed by atoms with E-state index in [4.69, 9.17) is 0 Å². The SMILES string of the molecule is Cc1ccc(C2NC(C)CS2)cc1C. The summed E-state index contributed by atoms with van der Waals surface area (Å²) in [7, 11) is 0. The van der Waals surface area contributed by atoms with Crippen LogP contribution in [0.4, 0.5) is 0 Å². The molecule has 1 aromatic rings. The van der Waals surface area contributed by atoms with Crippen LogP contribution in [-0.4, -0.2) is 11.8 Å². The lowest BCUT2D eigenvalue weighted by Gasteiger charge is -2.12. The van der Waals surface area contributed by atoms with Gasteiger partial charge in [-0.05, 0) is 37.5 Å². The van der Waals surface area contributed by atoms with Gasteiger partial charge < -0.3 is 0 Å². The van der Waals surface area contributed by atoms with E-state index in [2.05, 4.69) is 44.3 Å². The van der Waals surface area contributed by atoms with Gasteiger partial charge in [-0.2, -0.15) is 0 Å². The Labute approximate surface area is 90.3 Å². The predicted molar refractivity (Wildman–Crippen MR) is 63.7 cm³/mol. The Hall–Kier alpha value is -0.470. The Balaban J connectivity index is 2.20. The van der Waals surface area contributed by atoms with Crippen LogP contribution in [0, 0.1) is 13.8 Å². The first-order valence-electron chi connectivity index (χ1n) is 5.11. The number of thioether (sulfide) groups is 1. The van der Waals surface area contributed by atoms with Gasteiger partial charge >= 0.3 is 0 Å². The van der Waals surface area contributed by atoms with Crippen LogP contribution in [0.1, 0.15) is 29.0 Å². The Morgan fingerprint density at radius 2 is 2.07 bits per heavy atom. The first-order chi connectivity index (χ1) is 6.66. The van der Waals surface area contributed by atoms with Crippen molar-refractivity contribution < 1.29 is 0 Å². The van der Waals surface area contributed by atoms with Crippen LogP contribution in [0.15, 0.2) is 18.2 Å². The molecule has 0 saturated carbocycles. The van der Waals surface area contributed by atoms with E-state index in [1.165, 1.54) is 22.4 Å². The quantitative estimate of drug-likeness (QED) is 0.759. The van der Waals surface area contributed by atoms with E-state index in [1.807, 2.05) is 11.8 Å². The van der Waals surface area contributed by atoms with Crippen molar-refractivity contribution in [1.29, 1.82) is 0 Å². The van der Waals surface area contributed by atoms with Gasteiger partial charge in [-0.1, -0.05) is 18.2 Å². The van der Waals surface area contributed by atoms with Gasteiger partial charge in [0.15, 0.2) is 0 Å². The summed E-state index contributed by atoms with van der Waals surface area (Å²) in [6.45, 7) is 6.59. The standard InChI is InChI=1S/C12H17NS/c1-8-4-5-11(6-9(8)2)12-13-10(3)7-14-12/h4-6,10,12-13H,7H2,1-3H3. The average molecular weight is 207 g/mol. The third kappa shape index (κ3) is 1.96. The third-order valence-electron chi connectivity index (χ3n) is 2.78. The zero-order chi connectivity index (χ0) is 10.1. The van der Waals surface area contributed by atoms with Gasteiger partial charge in [0.2, 0.25) is 0 Å². The van der Waals surface area contributed by atoms with Crippen molar-refractivity contribution >= 4 is 11.8 Å². The van der Waals surface area contributed by atoms with Crippen molar-refractivity contribution in [2.24, 2.45) is 0 Å². The van der Waals surface area contributed by atoms with Gasteiger partial charge in [0.05, 0.1) is 5.37 Å². The molecule has 1 fully saturated rings. The highest BCUT2D eigenvalue weighted by atomic mass is 32.2. The molecule has 0 aromatic heterocycles. The molecule has 2 unspecified atom stereocenters. The first-order valence-corrected chi connectivity index (χ1v) is 6.16. The molecule has 0 radical (unpaired) electrons. The molecule has 2 atom stereocenters. The summed E-state index contributed by atoms with van der Waals surface area (Å²) in [5, 5.41) is 4.08. The highest BCUT2D eigenvalue weighted by Crippen LogP contribution is 2.33. The Kier molecular flexibility index (Phi) is 2.84. The maximum Gasteiger partial charge on any atom is 0.0792 e. The normalized spacial score (nSPS) is 26.8. The minimum atomic E-state index is 0.504. The molecule has 2 heteroatoms. The molecule has 2 rings (SSSR count). The minimum absolute atomic E-state index is 0.504. The molecule has 1 N–H and O–H groups in total. The predicted octanol–water partition coefficient (Wildman–Crippen LogP) is 3.03. The second kappa shape index (κ2) is 3.95. The van der Waals surface area contributed by atoms with Crippen molar-refractivity contribution in [2.75, 3.05) is 5.75 Å². The molecule has 14 heavy (non-hydrogen) atoms. The van der Waals surface area contributed by atoms with Crippen LogP contribution in [0.25, 0.3) is 0 Å². The fourth-order valence-corrected chi connectivity index (χ4v) is 2.96. The topological polar surface area (TPSA) is 12.0 Å². The maximum atomic E-state index is 3.58. The summed E-state index contributed by atoms with van der Waals surface area (Å²) in [4.78, 5) is 0. The lowest BCUT2D eigenvalue weighted by atomic mass is 10.1. The summed E-state index contributed by atoms with van der Waals surface area (Å²) in [6.07, 6.45) is 0. The highest BCUT2D eigenvalue weighted by molar-refractivity contribution is 7.99. The van der Waals surface area contributed by atoms with Crippen LogP contribution < -0.4 is 5.32 Å². The van der Waals surface area contributed by atoms with Gasteiger partial charge in [0.25, 0.3) is 0 Å². The second-order valence-electron chi connectivity index (χ2n) is 4.12. The van der Waals surface area contributed by atoms with Gasteiger partial charge in [-0.15, -0.1) is 11.8 Å². The summed E-state index contributed by atoms with van der Waals surface area (Å²) in [5.74, 6) is 1.22. The number of hydrogen-bond acceptors (Lipinski definition) is 2. The lowest BCUT2D eigenvalue weighted by Crippen LogP contribution is -2.21. The van der Waals surface area contributed by atoms with Crippen molar-refractivity contribution in [3.63, 3.8) is 0 Å². The molecule has 1 aliphatic heterocycles. The van der Waals surface area contributed by atoms with Crippen LogP contribution in [0.2, 0.25) is 0 Å². The van der Waals surface area contributed by atoms with Crippen LogP contribution in [0.5, 0.6) is 0 Å². The molecule has 0 amide bonds. The van der Waals surface area contributed by atoms with Crippen molar-refractivity contribution in [2.45, 2.75) is 32.2 Å². The number of hydrogen-bond donors (Lipinski definition) is 1. The highest BCUT2D eigenvalue weighted by Gasteiger charge is 2.22. The van der Waals surface area contributed by atoms with Gasteiger partial charge in [-0.25, -0.2) is 0 Å². The third-order valence-corrected chi connectivity index (χ3v) is 4.22. The number of rotatable bonds is 1. The smallest absolute Gasteiger partial charge is 0.0792 e. The van der Waals surface area contributed by atoms with E-state index in [0.717, 1.165) is 0 Å². The fourth-order valence-electron chi connectivity index (χ4n) is 1.72. The van der Waals surface area contributed by atoms with E-state index < -0.39 is 0 Å². The average Bonchev–Trinajstić information content (AvgIpc) is 2.57. The molecular formula is C12H17NS. The van der Waals surface area contributed by atoms with E-state index in [-0.39, 0.29) is 0 Å². The van der Waals surface area contributed by atoms with E-state index in [1.54, 1.807) is 0 Å². The molecule has 1 nitrogen and oxygen atoms in total. The largest absolute Gasteiger partial charge is 0.298 e. The molecule has 1 aromatic carbocycles. The molecule has 0 aliphatic carbocycles. The molecule has 0 bridgehead atoms. The molecule has 1 aliphatic rings. The summed E-state index contributed by atoms with van der Waals surface area (Å²) in [5.41, 5.74) is 4.19. The van der Waals surface area contributed by atoms with Gasteiger partial charge in [0, 0.05) is 11.8 Å². The van der Waals surface area contributed by atoms with E-state index in [9.17, 15) is 0 Å². The van der Waals surface area contributed by atoms with Crippen molar-refractivity contribution in [3.05, 3.63) is 34.9 Å². The minimum Gasteiger partial charge on any atom is -0.298 e. The Morgan fingerprint density at radius 1 is 1.29 bits per heavy atom. The molecule has 1 heterocycles. The van der Waals surface area contributed by atoms with E-state index >= 15 is 0 Å². The van der Waals surface area contributed by atoms with Gasteiger partial charge in [-0.3, -0.25) is 5.32 Å². The van der Waals surface area contributed by atoms with Crippen LogP contribution in [0.3, 0.4) is 0 Å². The molecular weight excluding hydrogens is 190 g/mol. The monoisotopic (exact) mass is 207 g/mol. The van der Waals surface area contributed by atoms with Crippen molar-refractivity contribution in [3.8, 4) is 0 Å². The number of benzene rings is 1. The van der Waals surface area contributed by atoms with E-state index in [0.29, 0.717) is 11.4 Å². The summed E-state index contributed by atoms with van der Waals surface area (Å²) < 4.78 is 0. The summed E-state index contributed by atoms with van der Waals surface area (Å²) >= 11 is 2.01. The first kappa shape index (κ1) is 10.1. The van der Waals surface area contributed by atoms with Gasteiger partial charge in [0.1, 0.15) is 0 Å². The number of aryl methyl sites for hydroxylation is 2. The second-order valence-corrected chi connectivity index (χ2v) is 5.26. The zero-order valence-corrected chi connectivity index (χ0v) is 9.82. The molecule has 1 saturated heterocycles. The molecule has 0 spiro atoms.